The van der Waals surface area contributed by atoms with Gasteiger partial charge in [-0.2, -0.15) is 9.57 Å². The van der Waals surface area contributed by atoms with Crippen LogP contribution in [0.5, 0.6) is 5.75 Å². The van der Waals surface area contributed by atoms with Crippen LogP contribution in [0.2, 0.25) is 0 Å². The Labute approximate surface area is 182 Å². The average Bonchev–Trinajstić information content (AvgIpc) is 3.24. The van der Waals surface area contributed by atoms with Crippen LogP contribution in [0, 0.1) is 11.3 Å². The number of ether oxygens (including phenoxy) is 1. The van der Waals surface area contributed by atoms with Crippen molar-refractivity contribution in [2.24, 2.45) is 0 Å². The van der Waals surface area contributed by atoms with Crippen molar-refractivity contribution >= 4 is 15.7 Å². The van der Waals surface area contributed by atoms with Crippen LogP contribution >= 0.6 is 0 Å². The molecule has 0 radical (unpaired) electrons. The second kappa shape index (κ2) is 8.80. The second-order valence-electron chi connectivity index (χ2n) is 7.46. The lowest BCUT2D eigenvalue weighted by Crippen LogP contribution is -2.31. The van der Waals surface area contributed by atoms with Crippen LogP contribution in [0.4, 0.5) is 5.69 Å². The summed E-state index contributed by atoms with van der Waals surface area (Å²) in [7, 11) is -2.11. The van der Waals surface area contributed by atoms with Gasteiger partial charge in [-0.25, -0.2) is 8.42 Å². The lowest BCUT2D eigenvalue weighted by molar-refractivity contribution is 0.414. The zero-order valence-electron chi connectivity index (χ0n) is 17.1. The average molecular weight is 434 g/mol. The zero-order valence-corrected chi connectivity index (χ0v) is 17.9. The molecule has 0 amide bonds. The number of rotatable bonds is 6. The number of benzene rings is 3. The number of methoxy groups -OCH3 is 1. The molecule has 1 heterocycles. The van der Waals surface area contributed by atoms with Gasteiger partial charge in [-0.05, 0) is 48.0 Å². The maximum absolute atomic E-state index is 13.3. The molecular weight excluding hydrogens is 410 g/mol. The second-order valence-corrected chi connectivity index (χ2v) is 9.40. The third-order valence-corrected chi connectivity index (χ3v) is 7.40. The molecule has 0 aromatic heterocycles. The van der Waals surface area contributed by atoms with E-state index in [9.17, 15) is 13.7 Å². The first kappa shape index (κ1) is 20.9. The van der Waals surface area contributed by atoms with Gasteiger partial charge in [0.05, 0.1) is 23.6 Å². The maximum Gasteiger partial charge on any atom is 0.243 e. The Morgan fingerprint density at radius 1 is 1.00 bits per heavy atom. The monoisotopic (exact) mass is 433 g/mol. The molecule has 7 heteroatoms. The Hall–Kier alpha value is -3.34. The Morgan fingerprint density at radius 3 is 2.42 bits per heavy atom. The van der Waals surface area contributed by atoms with Crippen molar-refractivity contribution in [2.75, 3.05) is 25.5 Å². The molecule has 3 aromatic rings. The van der Waals surface area contributed by atoms with Gasteiger partial charge in [-0.1, -0.05) is 36.4 Å². The van der Waals surface area contributed by atoms with Crippen molar-refractivity contribution in [1.29, 1.82) is 5.26 Å². The molecule has 2 atom stereocenters. The van der Waals surface area contributed by atoms with E-state index in [4.69, 9.17) is 4.74 Å². The number of nitrogens with zero attached hydrogens (tertiary/aromatic N) is 2. The van der Waals surface area contributed by atoms with Crippen molar-refractivity contribution in [3.8, 4) is 11.8 Å². The van der Waals surface area contributed by atoms with Gasteiger partial charge in [0.15, 0.2) is 0 Å². The molecule has 6 nitrogen and oxygen atoms in total. The fraction of sp³-hybridized carbons (Fsp3) is 0.208. The lowest BCUT2D eigenvalue weighted by atomic mass is 9.94. The summed E-state index contributed by atoms with van der Waals surface area (Å²) in [5, 5.41) is 12.6. The highest BCUT2D eigenvalue weighted by Crippen LogP contribution is 2.33. The van der Waals surface area contributed by atoms with Crippen LogP contribution in [-0.4, -0.2) is 39.0 Å². The molecule has 2 unspecified atom stereocenters. The van der Waals surface area contributed by atoms with Crippen LogP contribution in [0.1, 0.15) is 17.0 Å². The van der Waals surface area contributed by atoms with E-state index in [1.807, 2.05) is 42.5 Å². The number of hydrogen-bond donors (Lipinski definition) is 1. The quantitative estimate of drug-likeness (QED) is 0.639. The summed E-state index contributed by atoms with van der Waals surface area (Å²) in [6.45, 7) is 0.693. The summed E-state index contributed by atoms with van der Waals surface area (Å²) in [6.07, 6.45) is 0. The number of sulfonamides is 1. The van der Waals surface area contributed by atoms with Gasteiger partial charge in [-0.3, -0.25) is 0 Å². The van der Waals surface area contributed by atoms with Gasteiger partial charge in [0.2, 0.25) is 10.0 Å². The first-order chi connectivity index (χ1) is 15.0. The minimum Gasteiger partial charge on any atom is -0.497 e. The summed E-state index contributed by atoms with van der Waals surface area (Å²) < 4.78 is 33.3. The molecule has 0 aliphatic carbocycles. The van der Waals surface area contributed by atoms with Crippen molar-refractivity contribution in [2.45, 2.75) is 16.9 Å². The first-order valence-electron chi connectivity index (χ1n) is 9.97. The first-order valence-corrected chi connectivity index (χ1v) is 11.4. The van der Waals surface area contributed by atoms with E-state index in [0.29, 0.717) is 24.4 Å². The summed E-state index contributed by atoms with van der Waals surface area (Å²) >= 11 is 0. The highest BCUT2D eigenvalue weighted by Gasteiger charge is 2.40. The number of anilines is 1. The molecule has 1 fully saturated rings. The van der Waals surface area contributed by atoms with E-state index < -0.39 is 10.0 Å². The van der Waals surface area contributed by atoms with Crippen molar-refractivity contribution in [1.82, 2.24) is 4.31 Å². The van der Waals surface area contributed by atoms with E-state index in [-0.39, 0.29) is 16.9 Å². The van der Waals surface area contributed by atoms with Crippen molar-refractivity contribution < 1.29 is 13.2 Å². The molecule has 1 saturated heterocycles. The van der Waals surface area contributed by atoms with E-state index in [1.165, 1.54) is 4.31 Å². The Bertz CT molecular complexity index is 1190. The van der Waals surface area contributed by atoms with E-state index >= 15 is 0 Å². The summed E-state index contributed by atoms with van der Waals surface area (Å²) in [5.74, 6) is 0.583. The molecule has 0 spiro atoms. The summed E-state index contributed by atoms with van der Waals surface area (Å²) in [6, 6.07) is 25.6. The largest absolute Gasteiger partial charge is 0.497 e. The zero-order chi connectivity index (χ0) is 21.8. The topological polar surface area (TPSA) is 82.4 Å². The molecule has 4 rings (SSSR count). The normalized spacial score (nSPS) is 19.0. The van der Waals surface area contributed by atoms with Crippen LogP contribution in [0.15, 0.2) is 83.8 Å². The fourth-order valence-corrected chi connectivity index (χ4v) is 5.43. The molecular formula is C24H23N3O3S. The summed E-state index contributed by atoms with van der Waals surface area (Å²) in [5.41, 5.74) is 2.43. The van der Waals surface area contributed by atoms with E-state index in [0.717, 1.165) is 11.3 Å². The standard InChI is InChI=1S/C24H23N3O3S/c1-30-21-10-12-22(13-11-21)31(28,29)27-16-23(19-7-3-2-4-8-19)24(17-27)26-20-9-5-6-18(14-20)15-25/h2-14,23-24,26H,16-17H2,1H3. The molecule has 1 aliphatic rings. The molecule has 1 aliphatic heterocycles. The highest BCUT2D eigenvalue weighted by molar-refractivity contribution is 7.89. The molecule has 31 heavy (non-hydrogen) atoms. The summed E-state index contributed by atoms with van der Waals surface area (Å²) in [4.78, 5) is 0.243. The Kier molecular flexibility index (Phi) is 5.94. The molecule has 3 aromatic carbocycles. The third-order valence-electron chi connectivity index (χ3n) is 5.56. The highest BCUT2D eigenvalue weighted by atomic mass is 32.2. The van der Waals surface area contributed by atoms with Crippen LogP contribution in [-0.2, 0) is 10.0 Å². The number of nitriles is 1. The molecule has 0 bridgehead atoms. The molecule has 0 saturated carbocycles. The predicted octanol–water partition coefficient (Wildman–Crippen LogP) is 3.84. The van der Waals surface area contributed by atoms with Crippen LogP contribution in [0.25, 0.3) is 0 Å². The van der Waals surface area contributed by atoms with Crippen LogP contribution < -0.4 is 10.1 Å². The minimum absolute atomic E-state index is 0.0278. The minimum atomic E-state index is -3.66. The Morgan fingerprint density at radius 2 is 1.74 bits per heavy atom. The molecule has 158 valence electrons. The van der Waals surface area contributed by atoms with Crippen molar-refractivity contribution in [3.05, 3.63) is 90.0 Å². The van der Waals surface area contributed by atoms with Gasteiger partial charge < -0.3 is 10.1 Å². The van der Waals surface area contributed by atoms with Crippen molar-refractivity contribution in [3.63, 3.8) is 0 Å². The van der Waals surface area contributed by atoms with E-state index in [1.54, 1.807) is 43.5 Å². The van der Waals surface area contributed by atoms with Gasteiger partial charge in [0, 0.05) is 30.7 Å². The van der Waals surface area contributed by atoms with Gasteiger partial charge in [0.25, 0.3) is 0 Å². The lowest BCUT2D eigenvalue weighted by Gasteiger charge is -2.21. The number of hydrogen-bond acceptors (Lipinski definition) is 5. The van der Waals surface area contributed by atoms with E-state index in [2.05, 4.69) is 11.4 Å². The maximum atomic E-state index is 13.3. The van der Waals surface area contributed by atoms with Gasteiger partial charge in [0.1, 0.15) is 5.75 Å². The fourth-order valence-electron chi connectivity index (χ4n) is 3.94. The number of nitrogens with one attached hydrogen (secondary N) is 1. The predicted molar refractivity (Wildman–Crippen MR) is 120 cm³/mol. The molecule has 1 N–H and O–H groups in total. The Balaban J connectivity index is 1.64. The van der Waals surface area contributed by atoms with Crippen LogP contribution in [0.3, 0.4) is 0 Å². The third kappa shape index (κ3) is 4.41. The SMILES string of the molecule is COc1ccc(S(=O)(=O)N2CC(Nc3cccc(C#N)c3)C(c3ccccc3)C2)cc1. The van der Waals surface area contributed by atoms with Gasteiger partial charge in [-0.15, -0.1) is 0 Å². The smallest absolute Gasteiger partial charge is 0.243 e. The van der Waals surface area contributed by atoms with Gasteiger partial charge >= 0.3 is 0 Å².